The summed E-state index contributed by atoms with van der Waals surface area (Å²) in [7, 11) is 0. The Kier molecular flexibility index (Phi) is 5.39. The molecule has 0 bridgehead atoms. The highest BCUT2D eigenvalue weighted by Gasteiger charge is 2.31. The zero-order valence-corrected chi connectivity index (χ0v) is 13.4. The third-order valence-corrected chi connectivity index (χ3v) is 4.02. The molecule has 3 nitrogen and oxygen atoms in total. The Morgan fingerprint density at radius 1 is 1.48 bits per heavy atom. The fourth-order valence-corrected chi connectivity index (χ4v) is 2.79. The molecule has 0 N–H and O–H groups in total. The SMILES string of the molecule is C=C/C=C(\C1=C(C)CC=C1CC#CC(=O)C=C)N1CC(C#N)C1. The van der Waals surface area contributed by atoms with Crippen molar-refractivity contribution in [2.75, 3.05) is 13.1 Å². The normalized spacial score (nSPS) is 17.7. The molecule has 0 aromatic rings. The van der Waals surface area contributed by atoms with E-state index in [-0.39, 0.29) is 11.7 Å². The molecule has 2 rings (SSSR count). The van der Waals surface area contributed by atoms with Gasteiger partial charge in [-0.2, -0.15) is 5.26 Å². The van der Waals surface area contributed by atoms with Gasteiger partial charge in [-0.25, -0.2) is 0 Å². The number of nitriles is 1. The van der Waals surface area contributed by atoms with Gasteiger partial charge in [-0.3, -0.25) is 4.79 Å². The summed E-state index contributed by atoms with van der Waals surface area (Å²) in [5.74, 6) is 5.34. The van der Waals surface area contributed by atoms with E-state index in [1.807, 2.05) is 6.08 Å². The second-order valence-electron chi connectivity index (χ2n) is 5.65. The van der Waals surface area contributed by atoms with Crippen molar-refractivity contribution in [1.82, 2.24) is 4.90 Å². The van der Waals surface area contributed by atoms with Crippen molar-refractivity contribution >= 4 is 5.78 Å². The molecule has 0 spiro atoms. The molecule has 1 aliphatic heterocycles. The van der Waals surface area contributed by atoms with Gasteiger partial charge in [0, 0.05) is 30.8 Å². The minimum absolute atomic E-state index is 0.1000. The van der Waals surface area contributed by atoms with Crippen LogP contribution in [0.4, 0.5) is 0 Å². The first-order valence-corrected chi connectivity index (χ1v) is 7.62. The lowest BCUT2D eigenvalue weighted by Crippen LogP contribution is -2.45. The molecular weight excluding hydrogens is 284 g/mol. The van der Waals surface area contributed by atoms with Gasteiger partial charge in [-0.05, 0) is 37.0 Å². The molecule has 23 heavy (non-hydrogen) atoms. The van der Waals surface area contributed by atoms with E-state index in [0.29, 0.717) is 6.42 Å². The van der Waals surface area contributed by atoms with Gasteiger partial charge >= 0.3 is 0 Å². The second kappa shape index (κ2) is 7.47. The van der Waals surface area contributed by atoms with Crippen LogP contribution in [0.3, 0.4) is 0 Å². The summed E-state index contributed by atoms with van der Waals surface area (Å²) < 4.78 is 0. The van der Waals surface area contributed by atoms with Crippen molar-refractivity contribution in [3.63, 3.8) is 0 Å². The molecular formula is C20H20N2O. The predicted octanol–water partition coefficient (Wildman–Crippen LogP) is 3.31. The molecule has 116 valence electrons. The molecule has 3 heteroatoms. The molecule has 2 aliphatic rings. The first-order chi connectivity index (χ1) is 11.1. The molecule has 0 amide bonds. The molecule has 1 aliphatic carbocycles. The van der Waals surface area contributed by atoms with Crippen LogP contribution in [0.2, 0.25) is 0 Å². The van der Waals surface area contributed by atoms with Crippen molar-refractivity contribution in [2.24, 2.45) is 5.92 Å². The third-order valence-electron chi connectivity index (χ3n) is 4.02. The van der Waals surface area contributed by atoms with Crippen LogP contribution in [-0.4, -0.2) is 23.8 Å². The Labute approximate surface area is 138 Å². The summed E-state index contributed by atoms with van der Waals surface area (Å²) in [6, 6.07) is 2.30. The lowest BCUT2D eigenvalue weighted by Gasteiger charge is -2.40. The van der Waals surface area contributed by atoms with Crippen LogP contribution in [0.1, 0.15) is 19.8 Å². The summed E-state index contributed by atoms with van der Waals surface area (Å²) in [6.45, 7) is 10.8. The fourth-order valence-electron chi connectivity index (χ4n) is 2.79. The largest absolute Gasteiger partial charge is 0.368 e. The highest BCUT2D eigenvalue weighted by molar-refractivity contribution is 6.03. The fraction of sp³-hybridized carbons (Fsp3) is 0.300. The minimum atomic E-state index is -0.257. The molecule has 1 fully saturated rings. The van der Waals surface area contributed by atoms with Gasteiger partial charge in [-0.15, -0.1) is 0 Å². The Bertz CT molecular complexity index is 726. The summed E-state index contributed by atoms with van der Waals surface area (Å²) in [5, 5.41) is 8.98. The monoisotopic (exact) mass is 304 g/mol. The van der Waals surface area contributed by atoms with Gasteiger partial charge in [0.1, 0.15) is 0 Å². The number of carbonyl (C=O) groups is 1. The first-order valence-electron chi connectivity index (χ1n) is 7.62. The van der Waals surface area contributed by atoms with Crippen LogP contribution in [-0.2, 0) is 4.79 Å². The number of rotatable bonds is 5. The maximum absolute atomic E-state index is 11.2. The van der Waals surface area contributed by atoms with Gasteiger partial charge in [0.25, 0.3) is 0 Å². The number of nitrogens with zero attached hydrogens (tertiary/aromatic N) is 2. The van der Waals surface area contributed by atoms with Crippen LogP contribution in [0.25, 0.3) is 0 Å². The number of hydrogen-bond acceptors (Lipinski definition) is 3. The standard InChI is InChI=1S/C20H20N2O/c1-4-7-19(22-13-16(12-21)14-22)20-15(3)10-11-17(20)8-6-9-18(23)5-2/h4-5,7,11,16H,1-2,8,10,13-14H2,3H3/b19-7+. The highest BCUT2D eigenvalue weighted by atomic mass is 16.1. The average molecular weight is 304 g/mol. The predicted molar refractivity (Wildman–Crippen MR) is 92.0 cm³/mol. The molecule has 1 saturated heterocycles. The van der Waals surface area contributed by atoms with E-state index in [4.69, 9.17) is 5.26 Å². The molecule has 0 aromatic heterocycles. The second-order valence-corrected chi connectivity index (χ2v) is 5.65. The summed E-state index contributed by atoms with van der Waals surface area (Å²) in [6.07, 6.45) is 8.59. The molecule has 1 heterocycles. The number of likely N-dealkylation sites (tertiary alicyclic amines) is 1. The topological polar surface area (TPSA) is 44.1 Å². The average Bonchev–Trinajstić information content (AvgIpc) is 2.86. The van der Waals surface area contributed by atoms with Crippen molar-refractivity contribution in [3.8, 4) is 17.9 Å². The van der Waals surface area contributed by atoms with Gasteiger partial charge in [0.05, 0.1) is 12.0 Å². The van der Waals surface area contributed by atoms with Crippen LogP contribution in [0, 0.1) is 29.1 Å². The van der Waals surface area contributed by atoms with Crippen molar-refractivity contribution in [3.05, 3.63) is 59.9 Å². The molecule has 0 atom stereocenters. The minimum Gasteiger partial charge on any atom is -0.368 e. The van der Waals surface area contributed by atoms with E-state index < -0.39 is 0 Å². The smallest absolute Gasteiger partial charge is 0.228 e. The Morgan fingerprint density at radius 2 is 2.22 bits per heavy atom. The maximum Gasteiger partial charge on any atom is 0.228 e. The van der Waals surface area contributed by atoms with E-state index >= 15 is 0 Å². The van der Waals surface area contributed by atoms with Crippen molar-refractivity contribution < 1.29 is 4.79 Å². The third kappa shape index (κ3) is 3.71. The maximum atomic E-state index is 11.2. The lowest BCUT2D eigenvalue weighted by molar-refractivity contribution is -0.109. The van der Waals surface area contributed by atoms with E-state index in [2.05, 4.69) is 49.0 Å². The highest BCUT2D eigenvalue weighted by Crippen LogP contribution is 2.37. The number of ketones is 1. The van der Waals surface area contributed by atoms with Gasteiger partial charge in [0.15, 0.2) is 0 Å². The van der Waals surface area contributed by atoms with E-state index in [1.54, 1.807) is 6.08 Å². The number of allylic oxidation sites excluding steroid dienone is 6. The Morgan fingerprint density at radius 3 is 2.83 bits per heavy atom. The summed E-state index contributed by atoms with van der Waals surface area (Å²) in [5.41, 5.74) is 4.71. The molecule has 0 unspecified atom stereocenters. The van der Waals surface area contributed by atoms with Crippen LogP contribution in [0.5, 0.6) is 0 Å². The van der Waals surface area contributed by atoms with Crippen molar-refractivity contribution in [2.45, 2.75) is 19.8 Å². The summed E-state index contributed by atoms with van der Waals surface area (Å²) >= 11 is 0. The number of carbonyl (C=O) groups excluding carboxylic acids is 1. The Balaban J connectivity index is 2.20. The van der Waals surface area contributed by atoms with Crippen molar-refractivity contribution in [1.29, 1.82) is 5.26 Å². The zero-order chi connectivity index (χ0) is 16.8. The number of hydrogen-bond donors (Lipinski definition) is 0. The van der Waals surface area contributed by atoms with Gasteiger partial charge < -0.3 is 4.90 Å². The van der Waals surface area contributed by atoms with E-state index in [0.717, 1.165) is 30.8 Å². The Hall–Kier alpha value is -2.78. The van der Waals surface area contributed by atoms with Crippen LogP contribution in [0.15, 0.2) is 59.9 Å². The van der Waals surface area contributed by atoms with E-state index in [1.165, 1.54) is 17.2 Å². The van der Waals surface area contributed by atoms with Gasteiger partial charge in [0.2, 0.25) is 5.78 Å². The lowest BCUT2D eigenvalue weighted by atomic mass is 9.94. The van der Waals surface area contributed by atoms with Gasteiger partial charge in [-0.1, -0.05) is 36.8 Å². The van der Waals surface area contributed by atoms with E-state index in [9.17, 15) is 4.79 Å². The van der Waals surface area contributed by atoms with Crippen LogP contribution < -0.4 is 0 Å². The van der Waals surface area contributed by atoms with Crippen LogP contribution >= 0.6 is 0 Å². The summed E-state index contributed by atoms with van der Waals surface area (Å²) in [4.78, 5) is 13.4. The first kappa shape index (κ1) is 16.6. The molecule has 0 radical (unpaired) electrons. The quantitative estimate of drug-likeness (QED) is 0.339. The zero-order valence-electron chi connectivity index (χ0n) is 13.4. The molecule has 0 saturated carbocycles. The molecule has 0 aromatic carbocycles.